The van der Waals surface area contributed by atoms with Gasteiger partial charge >= 0.3 is 0 Å². The van der Waals surface area contributed by atoms with Crippen molar-refractivity contribution in [2.75, 3.05) is 0 Å². The number of benzene rings is 1. The number of carbonyl (C=O) groups is 2. The third kappa shape index (κ3) is 4.59. The fraction of sp³-hybridized carbons (Fsp3) is 0.389. The van der Waals surface area contributed by atoms with Gasteiger partial charge in [-0.2, -0.15) is 5.10 Å². The first-order valence-corrected chi connectivity index (χ1v) is 8.27. The summed E-state index contributed by atoms with van der Waals surface area (Å²) >= 11 is 0. The highest BCUT2D eigenvalue weighted by Gasteiger charge is 2.22. The van der Waals surface area contributed by atoms with Crippen molar-refractivity contribution in [3.63, 3.8) is 0 Å². The Morgan fingerprint density at radius 3 is 2.44 bits per heavy atom. The maximum absolute atomic E-state index is 12.6. The summed E-state index contributed by atoms with van der Waals surface area (Å²) in [5.74, 6) is -0.670. The largest absolute Gasteiger partial charge is 0.508 e. The summed E-state index contributed by atoms with van der Waals surface area (Å²) in [5, 5.41) is 16.4. The van der Waals surface area contributed by atoms with E-state index in [4.69, 9.17) is 5.73 Å². The van der Waals surface area contributed by atoms with Crippen LogP contribution in [-0.4, -0.2) is 32.7 Å². The van der Waals surface area contributed by atoms with Crippen LogP contribution >= 0.6 is 0 Å². The Labute approximate surface area is 146 Å². The van der Waals surface area contributed by atoms with Crippen LogP contribution < -0.4 is 11.1 Å². The zero-order valence-corrected chi connectivity index (χ0v) is 14.7. The van der Waals surface area contributed by atoms with Crippen molar-refractivity contribution in [2.45, 2.75) is 45.7 Å². The van der Waals surface area contributed by atoms with Crippen molar-refractivity contribution in [2.24, 2.45) is 5.73 Å². The Kier molecular flexibility index (Phi) is 5.80. The Bertz CT molecular complexity index is 750. The SMILES string of the molecule is CCn1nc(C(C)C)cc1C(=O)N[C@@H](Cc1ccc(O)cc1)C(N)=O. The van der Waals surface area contributed by atoms with Crippen molar-refractivity contribution in [3.8, 4) is 5.75 Å². The molecule has 134 valence electrons. The topological polar surface area (TPSA) is 110 Å². The van der Waals surface area contributed by atoms with Crippen LogP contribution in [0.5, 0.6) is 5.75 Å². The molecular weight excluding hydrogens is 320 g/mol. The van der Waals surface area contributed by atoms with E-state index in [0.717, 1.165) is 11.3 Å². The van der Waals surface area contributed by atoms with Gasteiger partial charge in [-0.05, 0) is 36.6 Å². The Morgan fingerprint density at radius 1 is 1.28 bits per heavy atom. The minimum absolute atomic E-state index is 0.136. The normalized spacial score (nSPS) is 12.2. The van der Waals surface area contributed by atoms with E-state index in [1.165, 1.54) is 12.1 Å². The average molecular weight is 344 g/mol. The zero-order chi connectivity index (χ0) is 18.6. The van der Waals surface area contributed by atoms with E-state index in [2.05, 4.69) is 10.4 Å². The lowest BCUT2D eigenvalue weighted by atomic mass is 10.0. The number of hydrogen-bond donors (Lipinski definition) is 3. The molecule has 1 heterocycles. The van der Waals surface area contributed by atoms with E-state index in [9.17, 15) is 14.7 Å². The summed E-state index contributed by atoms with van der Waals surface area (Å²) in [4.78, 5) is 24.3. The Balaban J connectivity index is 2.17. The van der Waals surface area contributed by atoms with E-state index >= 15 is 0 Å². The molecule has 0 aliphatic rings. The summed E-state index contributed by atoms with van der Waals surface area (Å²) in [6.45, 7) is 6.45. The number of nitrogens with two attached hydrogens (primary N) is 1. The van der Waals surface area contributed by atoms with Gasteiger partial charge < -0.3 is 16.2 Å². The standard InChI is InChI=1S/C18H24N4O3/c1-4-22-16(10-14(21-22)11(2)3)18(25)20-15(17(19)24)9-12-5-7-13(23)8-6-12/h5-8,10-11,15,23H,4,9H2,1-3H3,(H2,19,24)(H,20,25)/t15-/m0/s1. The number of nitrogens with zero attached hydrogens (tertiary/aromatic N) is 2. The van der Waals surface area contributed by atoms with E-state index in [0.29, 0.717) is 12.2 Å². The van der Waals surface area contributed by atoms with Gasteiger partial charge in [-0.25, -0.2) is 0 Å². The number of primary amides is 1. The summed E-state index contributed by atoms with van der Waals surface area (Å²) < 4.78 is 1.61. The van der Waals surface area contributed by atoms with Crippen LogP contribution in [0.2, 0.25) is 0 Å². The van der Waals surface area contributed by atoms with E-state index < -0.39 is 11.9 Å². The van der Waals surface area contributed by atoms with Crippen molar-refractivity contribution >= 4 is 11.8 Å². The molecule has 1 aromatic heterocycles. The van der Waals surface area contributed by atoms with Gasteiger partial charge in [0, 0.05) is 13.0 Å². The van der Waals surface area contributed by atoms with Crippen LogP contribution in [0.15, 0.2) is 30.3 Å². The highest BCUT2D eigenvalue weighted by Crippen LogP contribution is 2.15. The third-order valence-corrected chi connectivity index (χ3v) is 3.95. The monoisotopic (exact) mass is 344 g/mol. The van der Waals surface area contributed by atoms with Crippen molar-refractivity contribution in [3.05, 3.63) is 47.3 Å². The van der Waals surface area contributed by atoms with Crippen LogP contribution in [0, 0.1) is 0 Å². The quantitative estimate of drug-likeness (QED) is 0.708. The van der Waals surface area contributed by atoms with Crippen LogP contribution in [0.4, 0.5) is 0 Å². The molecule has 0 radical (unpaired) electrons. The number of nitrogens with one attached hydrogen (secondary N) is 1. The lowest BCUT2D eigenvalue weighted by molar-refractivity contribution is -0.119. The van der Waals surface area contributed by atoms with Gasteiger partial charge in [-0.1, -0.05) is 26.0 Å². The van der Waals surface area contributed by atoms with Crippen molar-refractivity contribution < 1.29 is 14.7 Å². The molecule has 7 heteroatoms. The van der Waals surface area contributed by atoms with Crippen LogP contribution in [0.3, 0.4) is 0 Å². The molecule has 0 aliphatic heterocycles. The second-order valence-corrected chi connectivity index (χ2v) is 6.22. The molecule has 0 fully saturated rings. The summed E-state index contributed by atoms with van der Waals surface area (Å²) in [6, 6.07) is 7.31. The molecule has 7 nitrogen and oxygen atoms in total. The minimum atomic E-state index is -0.847. The molecule has 0 unspecified atom stereocenters. The second kappa shape index (κ2) is 7.83. The summed E-state index contributed by atoms with van der Waals surface area (Å²) in [5.41, 5.74) is 7.45. The molecule has 2 rings (SSSR count). The minimum Gasteiger partial charge on any atom is -0.508 e. The maximum Gasteiger partial charge on any atom is 0.270 e. The van der Waals surface area contributed by atoms with Gasteiger partial charge in [0.25, 0.3) is 5.91 Å². The van der Waals surface area contributed by atoms with Gasteiger partial charge in [0.15, 0.2) is 0 Å². The van der Waals surface area contributed by atoms with Crippen LogP contribution in [0.25, 0.3) is 0 Å². The molecule has 0 spiro atoms. The number of phenolic OH excluding ortho intramolecular Hbond substituents is 1. The summed E-state index contributed by atoms with van der Waals surface area (Å²) in [7, 11) is 0. The molecule has 1 atom stereocenters. The van der Waals surface area contributed by atoms with Gasteiger partial charge in [0.2, 0.25) is 5.91 Å². The molecule has 1 aromatic carbocycles. The number of aryl methyl sites for hydroxylation is 1. The van der Waals surface area contributed by atoms with Crippen LogP contribution in [0.1, 0.15) is 48.4 Å². The summed E-state index contributed by atoms with van der Waals surface area (Å²) in [6.07, 6.45) is 0.249. The zero-order valence-electron chi connectivity index (χ0n) is 14.7. The lowest BCUT2D eigenvalue weighted by Gasteiger charge is -2.16. The molecular formula is C18H24N4O3. The van der Waals surface area contributed by atoms with E-state index in [-0.39, 0.29) is 24.0 Å². The van der Waals surface area contributed by atoms with Crippen molar-refractivity contribution in [1.29, 1.82) is 0 Å². The van der Waals surface area contributed by atoms with Crippen molar-refractivity contribution in [1.82, 2.24) is 15.1 Å². The highest BCUT2D eigenvalue weighted by atomic mass is 16.3. The number of rotatable bonds is 7. The molecule has 0 bridgehead atoms. The Morgan fingerprint density at radius 2 is 1.92 bits per heavy atom. The first kappa shape index (κ1) is 18.5. The fourth-order valence-corrected chi connectivity index (χ4v) is 2.47. The Hall–Kier alpha value is -2.83. The number of carbonyl (C=O) groups excluding carboxylic acids is 2. The van der Waals surface area contributed by atoms with Gasteiger partial charge in [0.05, 0.1) is 5.69 Å². The number of phenols is 1. The molecule has 0 aliphatic carbocycles. The molecule has 0 saturated carbocycles. The number of amides is 2. The number of aromatic hydroxyl groups is 1. The predicted molar refractivity (Wildman–Crippen MR) is 94.2 cm³/mol. The second-order valence-electron chi connectivity index (χ2n) is 6.22. The molecule has 2 amide bonds. The predicted octanol–water partition coefficient (Wildman–Crippen LogP) is 1.56. The average Bonchev–Trinajstić information content (AvgIpc) is 3.00. The van der Waals surface area contributed by atoms with Crippen LogP contribution in [-0.2, 0) is 17.8 Å². The first-order chi connectivity index (χ1) is 11.8. The highest BCUT2D eigenvalue weighted by molar-refractivity contribution is 5.96. The van der Waals surface area contributed by atoms with Gasteiger partial charge in [-0.3, -0.25) is 14.3 Å². The lowest BCUT2D eigenvalue weighted by Crippen LogP contribution is -2.46. The van der Waals surface area contributed by atoms with E-state index in [1.807, 2.05) is 20.8 Å². The molecule has 2 aromatic rings. The first-order valence-electron chi connectivity index (χ1n) is 8.27. The fourth-order valence-electron chi connectivity index (χ4n) is 2.47. The van der Waals surface area contributed by atoms with Gasteiger partial charge in [-0.15, -0.1) is 0 Å². The molecule has 4 N–H and O–H groups in total. The van der Waals surface area contributed by atoms with E-state index in [1.54, 1.807) is 22.9 Å². The number of hydrogen-bond acceptors (Lipinski definition) is 4. The maximum atomic E-state index is 12.6. The molecule has 0 saturated heterocycles. The third-order valence-electron chi connectivity index (χ3n) is 3.95. The van der Waals surface area contributed by atoms with Gasteiger partial charge in [0.1, 0.15) is 17.5 Å². The number of aromatic nitrogens is 2. The molecule has 25 heavy (non-hydrogen) atoms. The smallest absolute Gasteiger partial charge is 0.270 e.